The number of nitrogens with zero attached hydrogens (tertiary/aromatic N) is 4. The topological polar surface area (TPSA) is 43.6 Å². The lowest BCUT2D eigenvalue weighted by Gasteiger charge is -2.49. The molecule has 0 N–H and O–H groups in total. The van der Waals surface area contributed by atoms with Crippen LogP contribution in [0.15, 0.2) is 182 Å². The van der Waals surface area contributed by atoms with Crippen molar-refractivity contribution in [3.05, 3.63) is 193 Å². The highest BCUT2D eigenvalue weighted by Gasteiger charge is 2.48. The van der Waals surface area contributed by atoms with Crippen molar-refractivity contribution in [2.24, 2.45) is 0 Å². The minimum absolute atomic E-state index is 0.134. The van der Waals surface area contributed by atoms with Gasteiger partial charge >= 0.3 is 0 Å². The molecule has 0 amide bonds. The monoisotopic (exact) mass is 758 g/mol. The van der Waals surface area contributed by atoms with Gasteiger partial charge in [-0.15, -0.1) is 0 Å². The third kappa shape index (κ3) is 5.33. The van der Waals surface area contributed by atoms with Crippen LogP contribution in [0.4, 0.5) is 0 Å². The van der Waals surface area contributed by atoms with E-state index in [0.717, 1.165) is 33.5 Å². The van der Waals surface area contributed by atoms with Crippen molar-refractivity contribution in [1.82, 2.24) is 19.5 Å². The van der Waals surface area contributed by atoms with Crippen LogP contribution in [0, 0.1) is 0 Å². The van der Waals surface area contributed by atoms with Crippen LogP contribution in [0.25, 0.3) is 94.7 Å². The van der Waals surface area contributed by atoms with Crippen LogP contribution in [-0.4, -0.2) is 19.5 Å². The van der Waals surface area contributed by atoms with Gasteiger partial charge in [0, 0.05) is 38.6 Å². The van der Waals surface area contributed by atoms with E-state index in [1.807, 2.05) is 24.3 Å². The van der Waals surface area contributed by atoms with Gasteiger partial charge in [-0.25, -0.2) is 15.0 Å². The molecule has 59 heavy (non-hydrogen) atoms. The van der Waals surface area contributed by atoms with Gasteiger partial charge in [-0.3, -0.25) is 0 Å². The van der Waals surface area contributed by atoms with Crippen molar-refractivity contribution in [2.45, 2.75) is 38.5 Å². The van der Waals surface area contributed by atoms with Gasteiger partial charge in [-0.2, -0.15) is 0 Å². The van der Waals surface area contributed by atoms with Crippen LogP contribution in [0.5, 0.6) is 0 Å². The van der Waals surface area contributed by atoms with E-state index in [0.29, 0.717) is 17.5 Å². The molecule has 0 unspecified atom stereocenters. The quantitative estimate of drug-likeness (QED) is 0.176. The second-order valence-electron chi connectivity index (χ2n) is 16.8. The Morgan fingerprint density at radius 2 is 0.932 bits per heavy atom. The zero-order valence-corrected chi connectivity index (χ0v) is 33.6. The van der Waals surface area contributed by atoms with E-state index >= 15 is 0 Å². The minimum Gasteiger partial charge on any atom is -0.309 e. The van der Waals surface area contributed by atoms with Crippen LogP contribution < -0.4 is 0 Å². The van der Waals surface area contributed by atoms with Crippen LogP contribution >= 0.6 is 0 Å². The van der Waals surface area contributed by atoms with E-state index in [2.05, 4.69) is 190 Å². The molecule has 2 aromatic heterocycles. The molecule has 0 aliphatic heterocycles. The van der Waals surface area contributed by atoms with E-state index in [1.54, 1.807) is 0 Å². The first-order valence-electron chi connectivity index (χ1n) is 20.5. The molecule has 1 aliphatic rings. The molecule has 8 aromatic carbocycles. The first kappa shape index (κ1) is 35.0. The van der Waals surface area contributed by atoms with Crippen molar-refractivity contribution in [1.29, 1.82) is 0 Å². The Labute approximate surface area is 344 Å². The van der Waals surface area contributed by atoms with Crippen LogP contribution in [0.2, 0.25) is 0 Å². The Balaban J connectivity index is 1.13. The Morgan fingerprint density at radius 1 is 0.407 bits per heavy atom. The molecule has 0 saturated heterocycles. The summed E-state index contributed by atoms with van der Waals surface area (Å²) in [6, 6.07) is 64.8. The van der Waals surface area contributed by atoms with Crippen molar-refractivity contribution in [2.75, 3.05) is 0 Å². The molecule has 0 bridgehead atoms. The molecule has 0 saturated carbocycles. The van der Waals surface area contributed by atoms with Gasteiger partial charge in [0.2, 0.25) is 0 Å². The average molecular weight is 759 g/mol. The molecule has 11 rings (SSSR count). The van der Waals surface area contributed by atoms with Gasteiger partial charge in [-0.05, 0) is 86.0 Å². The SMILES string of the molecule is CC1(C)c2ccccc2-c2c(c3c(c4ccccc24)c2ccccc2n3-c2ccc(-c3nc(-c4ccccc4)nc(-c4cccc(-c5ccccc5)c4)n3)cc2)C1(C)C. The number of hydrogen-bond acceptors (Lipinski definition) is 3. The highest BCUT2D eigenvalue weighted by Crippen LogP contribution is 2.59. The van der Waals surface area contributed by atoms with Crippen molar-refractivity contribution >= 4 is 32.6 Å². The Hall–Kier alpha value is -7.17. The third-order valence-corrected chi connectivity index (χ3v) is 13.2. The molecule has 0 spiro atoms. The lowest BCUT2D eigenvalue weighted by Crippen LogP contribution is -2.44. The lowest BCUT2D eigenvalue weighted by atomic mass is 9.54. The van der Waals surface area contributed by atoms with Gasteiger partial charge in [-0.1, -0.05) is 173 Å². The Bertz CT molecular complexity index is 3250. The van der Waals surface area contributed by atoms with Crippen LogP contribution in [0.1, 0.15) is 38.8 Å². The standard InChI is InChI=1S/C55H42N4/c1-54(2)45-28-15-13-26-43(45)47-41-24-11-12-25-42(41)48-44-27-14-16-29-46(44)59(50(48)49(47)55(54,3)4)40-32-30-37(31-33-40)52-56-51(36-20-9-6-10-21-36)57-53(58-52)39-23-17-22-38(34-39)35-18-7-5-8-19-35/h5-34H,1-4H3. The van der Waals surface area contributed by atoms with E-state index in [4.69, 9.17) is 15.0 Å². The second kappa shape index (κ2) is 13.2. The fourth-order valence-electron chi connectivity index (χ4n) is 9.55. The zero-order valence-electron chi connectivity index (χ0n) is 33.6. The van der Waals surface area contributed by atoms with E-state index < -0.39 is 0 Å². The summed E-state index contributed by atoms with van der Waals surface area (Å²) < 4.78 is 2.51. The smallest absolute Gasteiger partial charge is 0.164 e. The minimum atomic E-state index is -0.210. The molecule has 0 radical (unpaired) electrons. The fourth-order valence-corrected chi connectivity index (χ4v) is 9.55. The van der Waals surface area contributed by atoms with E-state index in [-0.39, 0.29) is 10.8 Å². The number of fused-ring (bicyclic) bond motifs is 10. The summed E-state index contributed by atoms with van der Waals surface area (Å²) in [6.45, 7) is 9.73. The molecule has 1 aliphatic carbocycles. The highest BCUT2D eigenvalue weighted by atomic mass is 15.0. The number of hydrogen-bond donors (Lipinski definition) is 0. The highest BCUT2D eigenvalue weighted by molar-refractivity contribution is 6.26. The molecule has 2 heterocycles. The summed E-state index contributed by atoms with van der Waals surface area (Å²) in [4.78, 5) is 15.3. The maximum atomic E-state index is 5.15. The predicted octanol–water partition coefficient (Wildman–Crippen LogP) is 14.0. The number of para-hydroxylation sites is 1. The van der Waals surface area contributed by atoms with E-state index in [9.17, 15) is 0 Å². The number of benzene rings is 8. The fraction of sp³-hybridized carbons (Fsp3) is 0.109. The van der Waals surface area contributed by atoms with Gasteiger partial charge in [0.1, 0.15) is 0 Å². The molecule has 4 nitrogen and oxygen atoms in total. The molecule has 10 aromatic rings. The molecule has 0 atom stereocenters. The van der Waals surface area contributed by atoms with Crippen molar-refractivity contribution in [3.63, 3.8) is 0 Å². The Morgan fingerprint density at radius 3 is 1.64 bits per heavy atom. The molecular weight excluding hydrogens is 717 g/mol. The number of rotatable bonds is 5. The zero-order chi connectivity index (χ0) is 39.9. The first-order chi connectivity index (χ1) is 28.8. The van der Waals surface area contributed by atoms with Crippen molar-refractivity contribution < 1.29 is 0 Å². The summed E-state index contributed by atoms with van der Waals surface area (Å²) in [6.07, 6.45) is 0. The predicted molar refractivity (Wildman–Crippen MR) is 245 cm³/mol. The van der Waals surface area contributed by atoms with Gasteiger partial charge in [0.25, 0.3) is 0 Å². The first-order valence-corrected chi connectivity index (χ1v) is 20.5. The summed E-state index contributed by atoms with van der Waals surface area (Å²) >= 11 is 0. The third-order valence-electron chi connectivity index (χ3n) is 13.2. The molecule has 282 valence electrons. The lowest BCUT2D eigenvalue weighted by molar-refractivity contribution is 0.301. The second-order valence-corrected chi connectivity index (χ2v) is 16.8. The molecule has 0 fully saturated rings. The van der Waals surface area contributed by atoms with Gasteiger partial charge < -0.3 is 4.57 Å². The maximum Gasteiger partial charge on any atom is 0.164 e. The molecular formula is C55H42N4. The summed E-state index contributed by atoms with van der Waals surface area (Å²) in [5.41, 5.74) is 13.8. The van der Waals surface area contributed by atoms with E-state index in [1.165, 1.54) is 54.8 Å². The maximum absolute atomic E-state index is 5.15. The van der Waals surface area contributed by atoms with Crippen LogP contribution in [-0.2, 0) is 10.8 Å². The average Bonchev–Trinajstić information content (AvgIpc) is 3.64. The largest absolute Gasteiger partial charge is 0.309 e. The Kier molecular flexibility index (Phi) is 7.83. The summed E-state index contributed by atoms with van der Waals surface area (Å²) in [5.74, 6) is 1.92. The summed E-state index contributed by atoms with van der Waals surface area (Å²) in [7, 11) is 0. The number of aromatic nitrogens is 4. The van der Waals surface area contributed by atoms with Gasteiger partial charge in [0.05, 0.1) is 11.0 Å². The van der Waals surface area contributed by atoms with Crippen molar-refractivity contribution in [3.8, 4) is 62.1 Å². The molecule has 4 heteroatoms. The summed E-state index contributed by atoms with van der Waals surface area (Å²) in [5, 5.41) is 5.14. The van der Waals surface area contributed by atoms with Gasteiger partial charge in [0.15, 0.2) is 17.5 Å². The van der Waals surface area contributed by atoms with Crippen LogP contribution in [0.3, 0.4) is 0 Å². The normalized spacial score (nSPS) is 14.0.